The number of methoxy groups -OCH3 is 1. The summed E-state index contributed by atoms with van der Waals surface area (Å²) in [5.41, 5.74) is 2.92. The van der Waals surface area contributed by atoms with Crippen LogP contribution in [-0.2, 0) is 16.1 Å². The lowest BCUT2D eigenvalue weighted by atomic mass is 9.95. The topological polar surface area (TPSA) is 88.4 Å². The number of aromatic nitrogens is 1. The van der Waals surface area contributed by atoms with Gasteiger partial charge in [-0.25, -0.2) is 9.79 Å². The molecule has 0 N–H and O–H groups in total. The monoisotopic (exact) mass is 676 g/mol. The molecule has 0 bridgehead atoms. The van der Waals surface area contributed by atoms with E-state index in [4.69, 9.17) is 18.9 Å². The number of fused-ring (bicyclic) bond motifs is 1. The molecule has 228 valence electrons. The first-order valence-corrected chi connectivity index (χ1v) is 15.8. The number of carbonyl (C=O) groups is 1. The first-order chi connectivity index (χ1) is 21.2. The maximum atomic E-state index is 14.1. The van der Waals surface area contributed by atoms with Gasteiger partial charge in [0, 0.05) is 10.0 Å². The van der Waals surface area contributed by atoms with Gasteiger partial charge in [0.2, 0.25) is 0 Å². The molecule has 10 heteroatoms. The van der Waals surface area contributed by atoms with Gasteiger partial charge in [-0.3, -0.25) is 9.36 Å². The first kappa shape index (κ1) is 31.3. The number of nitrogens with zero attached hydrogens (tertiary/aromatic N) is 2. The van der Waals surface area contributed by atoms with Crippen molar-refractivity contribution in [1.82, 2.24) is 4.57 Å². The van der Waals surface area contributed by atoms with Gasteiger partial charge < -0.3 is 18.9 Å². The molecular formula is C34H33BrN2O6S. The van der Waals surface area contributed by atoms with E-state index in [1.54, 1.807) is 44.6 Å². The van der Waals surface area contributed by atoms with Crippen LogP contribution < -0.4 is 29.1 Å². The van der Waals surface area contributed by atoms with Crippen LogP contribution in [0.4, 0.5) is 0 Å². The molecule has 1 aromatic heterocycles. The van der Waals surface area contributed by atoms with Crippen molar-refractivity contribution in [2.24, 2.45) is 4.99 Å². The van der Waals surface area contributed by atoms with Crippen LogP contribution in [0.5, 0.6) is 17.2 Å². The van der Waals surface area contributed by atoms with E-state index in [1.165, 1.54) is 11.3 Å². The van der Waals surface area contributed by atoms with Crippen LogP contribution in [0.3, 0.4) is 0 Å². The highest BCUT2D eigenvalue weighted by Crippen LogP contribution is 2.37. The zero-order valence-electron chi connectivity index (χ0n) is 25.1. The number of thiazole rings is 1. The number of rotatable bonds is 10. The number of allylic oxidation sites excluding steroid dienone is 1. The summed E-state index contributed by atoms with van der Waals surface area (Å²) in [7, 11) is 1.56. The van der Waals surface area contributed by atoms with Crippen molar-refractivity contribution in [2.75, 3.05) is 13.7 Å². The van der Waals surface area contributed by atoms with E-state index in [0.29, 0.717) is 51.1 Å². The first-order valence-electron chi connectivity index (χ1n) is 14.2. The summed E-state index contributed by atoms with van der Waals surface area (Å²) in [6, 6.07) is 20.2. The third-order valence-electron chi connectivity index (χ3n) is 6.87. The molecule has 0 radical (unpaired) electrons. The molecule has 0 saturated heterocycles. The molecule has 0 amide bonds. The van der Waals surface area contributed by atoms with Crippen molar-refractivity contribution in [3.63, 3.8) is 0 Å². The molecule has 8 nitrogen and oxygen atoms in total. The fraction of sp³-hybridized carbons (Fsp3) is 0.265. The van der Waals surface area contributed by atoms with Crippen LogP contribution in [0, 0.1) is 0 Å². The molecule has 5 rings (SSSR count). The Hall–Kier alpha value is -4.15. The molecule has 2 heterocycles. The van der Waals surface area contributed by atoms with Gasteiger partial charge in [0.25, 0.3) is 5.56 Å². The lowest BCUT2D eigenvalue weighted by Crippen LogP contribution is -2.40. The summed E-state index contributed by atoms with van der Waals surface area (Å²) in [4.78, 5) is 32.7. The number of halogens is 1. The Morgan fingerprint density at radius 2 is 1.80 bits per heavy atom. The number of benzene rings is 3. The Labute approximate surface area is 268 Å². The Kier molecular flexibility index (Phi) is 9.71. The van der Waals surface area contributed by atoms with Gasteiger partial charge in [-0.2, -0.15) is 0 Å². The normalized spacial score (nSPS) is 14.7. The van der Waals surface area contributed by atoms with E-state index in [9.17, 15) is 9.59 Å². The maximum absolute atomic E-state index is 14.1. The predicted molar refractivity (Wildman–Crippen MR) is 174 cm³/mol. The second-order valence-electron chi connectivity index (χ2n) is 10.3. The molecule has 44 heavy (non-hydrogen) atoms. The van der Waals surface area contributed by atoms with E-state index in [1.807, 2.05) is 67.6 Å². The van der Waals surface area contributed by atoms with Crippen molar-refractivity contribution < 1.29 is 23.7 Å². The fourth-order valence-corrected chi connectivity index (χ4v) is 6.39. The predicted octanol–water partition coefficient (Wildman–Crippen LogP) is 5.94. The summed E-state index contributed by atoms with van der Waals surface area (Å²) < 4.78 is 26.0. The minimum absolute atomic E-state index is 0.285. The van der Waals surface area contributed by atoms with Crippen molar-refractivity contribution in [1.29, 1.82) is 0 Å². The second-order valence-corrected chi connectivity index (χ2v) is 12.3. The highest BCUT2D eigenvalue weighted by Gasteiger charge is 2.35. The number of carbonyl (C=O) groups excluding carboxylic acids is 1. The Bertz CT molecular complexity index is 1890. The number of hydrogen-bond donors (Lipinski definition) is 0. The van der Waals surface area contributed by atoms with Crippen molar-refractivity contribution in [3.05, 3.63) is 119 Å². The zero-order chi connectivity index (χ0) is 31.4. The average Bonchev–Trinajstić information content (AvgIpc) is 3.30. The smallest absolute Gasteiger partial charge is 0.338 e. The SMILES string of the molecule is CCOc1cc(/C=c2\sc3n(c2=O)[C@@H](c2cc(Br)ccc2OC)C(C(=O)OC(C)C)=C(C)N=3)ccc1OCc1ccccc1. The molecule has 0 aliphatic carbocycles. The molecule has 0 fully saturated rings. The van der Waals surface area contributed by atoms with Gasteiger partial charge in [0.15, 0.2) is 16.3 Å². The molecule has 0 saturated carbocycles. The molecule has 3 aromatic carbocycles. The maximum Gasteiger partial charge on any atom is 0.338 e. The zero-order valence-corrected chi connectivity index (χ0v) is 27.5. The minimum Gasteiger partial charge on any atom is -0.496 e. The van der Waals surface area contributed by atoms with E-state index < -0.39 is 12.0 Å². The summed E-state index contributed by atoms with van der Waals surface area (Å²) in [5, 5.41) is 0. The largest absolute Gasteiger partial charge is 0.496 e. The molecule has 1 aliphatic rings. The van der Waals surface area contributed by atoms with E-state index in [-0.39, 0.29) is 17.2 Å². The van der Waals surface area contributed by atoms with Crippen LogP contribution >= 0.6 is 27.3 Å². The standard InChI is InChI=1S/C34H33BrN2O6S/c1-6-41-28-16-23(12-14-27(28)42-19-22-10-8-7-9-11-22)17-29-32(38)37-31(25-18-24(35)13-15-26(25)40-5)30(33(39)43-20(2)3)21(4)36-34(37)44-29/h7-18,20,31H,6,19H2,1-5H3/b29-17-/t31-/m0/s1. The van der Waals surface area contributed by atoms with E-state index in [2.05, 4.69) is 20.9 Å². The quantitative estimate of drug-likeness (QED) is 0.193. The van der Waals surface area contributed by atoms with Crippen molar-refractivity contribution in [3.8, 4) is 17.2 Å². The summed E-state index contributed by atoms with van der Waals surface area (Å²) >= 11 is 4.79. The molecule has 1 atom stereocenters. The lowest BCUT2D eigenvalue weighted by Gasteiger charge is -2.26. The van der Waals surface area contributed by atoms with E-state index >= 15 is 0 Å². The van der Waals surface area contributed by atoms with Gasteiger partial charge in [-0.15, -0.1) is 0 Å². The third kappa shape index (κ3) is 6.66. The number of esters is 1. The Balaban J connectivity index is 1.61. The van der Waals surface area contributed by atoms with Gasteiger partial charge >= 0.3 is 5.97 Å². The van der Waals surface area contributed by atoms with E-state index in [0.717, 1.165) is 15.6 Å². The van der Waals surface area contributed by atoms with Crippen LogP contribution in [0.15, 0.2) is 92.3 Å². The lowest BCUT2D eigenvalue weighted by molar-refractivity contribution is -0.143. The third-order valence-corrected chi connectivity index (χ3v) is 8.35. The van der Waals surface area contributed by atoms with Crippen molar-refractivity contribution in [2.45, 2.75) is 46.4 Å². The summed E-state index contributed by atoms with van der Waals surface area (Å²) in [6.45, 7) is 8.09. The van der Waals surface area contributed by atoms with Crippen LogP contribution in [0.2, 0.25) is 0 Å². The minimum atomic E-state index is -0.806. The average molecular weight is 678 g/mol. The van der Waals surface area contributed by atoms with Gasteiger partial charge in [0.05, 0.1) is 35.6 Å². The molecule has 0 unspecified atom stereocenters. The highest BCUT2D eigenvalue weighted by molar-refractivity contribution is 9.10. The summed E-state index contributed by atoms with van der Waals surface area (Å²) in [5.74, 6) is 1.19. The van der Waals surface area contributed by atoms with Crippen LogP contribution in [-0.4, -0.2) is 30.4 Å². The van der Waals surface area contributed by atoms with Crippen LogP contribution in [0.1, 0.15) is 50.4 Å². The van der Waals surface area contributed by atoms with Gasteiger partial charge in [0.1, 0.15) is 18.4 Å². The number of hydrogen-bond acceptors (Lipinski definition) is 8. The Morgan fingerprint density at radius 3 is 2.50 bits per heavy atom. The molecule has 0 spiro atoms. The molecular weight excluding hydrogens is 644 g/mol. The van der Waals surface area contributed by atoms with Gasteiger partial charge in [-0.1, -0.05) is 63.7 Å². The van der Waals surface area contributed by atoms with Gasteiger partial charge in [-0.05, 0) is 75.2 Å². The fourth-order valence-electron chi connectivity index (χ4n) is 4.96. The summed E-state index contributed by atoms with van der Waals surface area (Å²) in [6.07, 6.45) is 1.45. The highest BCUT2D eigenvalue weighted by atomic mass is 79.9. The van der Waals surface area contributed by atoms with Crippen LogP contribution in [0.25, 0.3) is 6.08 Å². The molecule has 1 aliphatic heterocycles. The molecule has 4 aromatic rings. The Morgan fingerprint density at radius 1 is 1.05 bits per heavy atom. The second kappa shape index (κ2) is 13.7. The number of ether oxygens (including phenoxy) is 4. The van der Waals surface area contributed by atoms with Crippen molar-refractivity contribution >= 4 is 39.3 Å².